The first-order chi connectivity index (χ1) is 24.3. The zero-order valence-corrected chi connectivity index (χ0v) is 36.0. The summed E-state index contributed by atoms with van der Waals surface area (Å²) in [5.41, 5.74) is -2.18. The van der Waals surface area contributed by atoms with E-state index >= 15 is 0 Å². The molecule has 0 unspecified atom stereocenters. The lowest BCUT2D eigenvalue weighted by Gasteiger charge is -2.34. The first kappa shape index (κ1) is 56.3. The molecule has 0 aliphatic carbocycles. The second-order valence-electron chi connectivity index (χ2n) is 17.0. The van der Waals surface area contributed by atoms with Crippen molar-refractivity contribution in [2.24, 2.45) is 22.7 Å². The summed E-state index contributed by atoms with van der Waals surface area (Å²) in [6.45, 7) is 22.1. The highest BCUT2D eigenvalue weighted by atomic mass is 35.5. The molecular weight excluding hydrogens is 746 g/mol. The molecule has 0 spiro atoms. The van der Waals surface area contributed by atoms with Crippen molar-refractivity contribution in [1.82, 2.24) is 10.2 Å². The van der Waals surface area contributed by atoms with E-state index in [9.17, 15) is 38.3 Å². The molecule has 0 aromatic heterocycles. The Morgan fingerprint density at radius 3 is 1.47 bits per heavy atom. The second-order valence-corrected chi connectivity index (χ2v) is 17.0. The van der Waals surface area contributed by atoms with Crippen LogP contribution in [0, 0.1) is 22.7 Å². The van der Waals surface area contributed by atoms with Crippen molar-refractivity contribution in [1.29, 1.82) is 0 Å². The largest absolute Gasteiger partial charge is 0.481 e. The Morgan fingerprint density at radius 2 is 1.16 bits per heavy atom. The summed E-state index contributed by atoms with van der Waals surface area (Å²) in [6.07, 6.45) is -0.746. The summed E-state index contributed by atoms with van der Waals surface area (Å²) in [6, 6.07) is -1.13. The standard InChI is InChI=1S/C18H31NO6.C12H22O4.C6H11NO3.CH3F.B.ClH/c1-17(2,3)12(9-14(21)25-18(4,5)6)15(22)19-10-11(20)8-13(19)16(23)24-7;1-11(2,3)8(10(14)15)7-9(13)16-12(4,5)6;1-10-6(9)5-2-4(8)3-7-5;1-2;;/h11-13,20H,8-10H2,1-7H3;8H,7H2,1-6H3,(H,14,15);4-5,7-8H,2-3H2,1H3;1H3;;1H/t11-,12+,13-;8-;4-,5-;;;/m010.../s1/i;;;1D;;. The predicted molar refractivity (Wildman–Crippen MR) is 207 cm³/mol. The molecule has 0 saturated carbocycles. The number of β-amino-alcohol motifs (C(OH)–C–C–N with tert-alkyl or cyclic N) is 2. The van der Waals surface area contributed by atoms with Gasteiger partial charge in [0.05, 0.1) is 59.6 Å². The van der Waals surface area contributed by atoms with Crippen molar-refractivity contribution < 1.29 is 68.8 Å². The van der Waals surface area contributed by atoms with Crippen LogP contribution in [0.2, 0.25) is 0 Å². The zero-order valence-electron chi connectivity index (χ0n) is 36.1. The fourth-order valence-corrected chi connectivity index (χ4v) is 5.28. The average molecular weight is 815 g/mol. The lowest BCUT2D eigenvalue weighted by atomic mass is 9.77. The fourth-order valence-electron chi connectivity index (χ4n) is 5.28. The van der Waals surface area contributed by atoms with E-state index in [-0.39, 0.29) is 64.5 Å². The van der Waals surface area contributed by atoms with Crippen LogP contribution in [0.3, 0.4) is 0 Å². The Bertz CT molecular complexity index is 1240. The lowest BCUT2D eigenvalue weighted by Crippen LogP contribution is -2.48. The van der Waals surface area contributed by atoms with Crippen LogP contribution in [-0.2, 0) is 47.7 Å². The molecule has 3 radical (unpaired) electrons. The Hall–Kier alpha value is -3.02. The lowest BCUT2D eigenvalue weighted by molar-refractivity contribution is -0.162. The molecule has 4 N–H and O–H groups in total. The number of rotatable bonds is 8. The number of ether oxygens (including phenoxy) is 4. The molecule has 0 aromatic carbocycles. The third-order valence-corrected chi connectivity index (χ3v) is 7.90. The van der Waals surface area contributed by atoms with Gasteiger partial charge in [0.25, 0.3) is 0 Å². The maximum Gasteiger partial charge on any atom is 0.328 e. The molecule has 15 nitrogen and oxygen atoms in total. The number of aliphatic carboxylic acids is 1. The minimum atomic E-state index is -1.00. The van der Waals surface area contributed by atoms with Gasteiger partial charge in [0.1, 0.15) is 23.3 Å². The summed E-state index contributed by atoms with van der Waals surface area (Å²) in [5.74, 6) is -4.47. The van der Waals surface area contributed by atoms with Crippen LogP contribution in [0.25, 0.3) is 0 Å². The first-order valence-corrected chi connectivity index (χ1v) is 17.4. The highest BCUT2D eigenvalue weighted by molar-refractivity contribution is 5.89. The van der Waals surface area contributed by atoms with Crippen LogP contribution in [0.1, 0.15) is 110 Å². The molecule has 55 heavy (non-hydrogen) atoms. The van der Waals surface area contributed by atoms with Gasteiger partial charge in [-0.1, -0.05) is 41.5 Å². The number of aliphatic hydroxyl groups is 2. The maximum absolute atomic E-state index is 13.1. The third kappa shape index (κ3) is 23.6. The summed E-state index contributed by atoms with van der Waals surface area (Å²) in [5, 5.41) is 30.7. The number of nitrogens with one attached hydrogen (secondary N) is 1. The number of alkyl halides is 1. The van der Waals surface area contributed by atoms with E-state index in [2.05, 4.69) is 10.1 Å². The molecule has 2 rings (SSSR count). The Morgan fingerprint density at radius 1 is 0.764 bits per heavy atom. The van der Waals surface area contributed by atoms with Crippen LogP contribution in [0.5, 0.6) is 0 Å². The number of esters is 4. The van der Waals surface area contributed by atoms with Crippen LogP contribution in [0.4, 0.5) is 4.39 Å². The van der Waals surface area contributed by atoms with Crippen molar-refractivity contribution >= 4 is 56.6 Å². The summed E-state index contributed by atoms with van der Waals surface area (Å²) < 4.78 is 35.2. The fraction of sp³-hybridized carbons (Fsp3) is 0.838. The smallest absolute Gasteiger partial charge is 0.328 e. The van der Waals surface area contributed by atoms with Gasteiger partial charge in [-0.25, -0.2) is 4.79 Å². The van der Waals surface area contributed by atoms with Crippen molar-refractivity contribution in [2.75, 3.05) is 34.5 Å². The third-order valence-electron chi connectivity index (χ3n) is 7.90. The van der Waals surface area contributed by atoms with Crippen molar-refractivity contribution in [3.05, 3.63) is 0 Å². The normalized spacial score (nSPS) is 20.6. The van der Waals surface area contributed by atoms with Gasteiger partial charge in [-0.05, 0) is 52.4 Å². The van der Waals surface area contributed by atoms with Crippen LogP contribution in [-0.4, -0.2) is 134 Å². The van der Waals surface area contributed by atoms with Gasteiger partial charge in [0, 0.05) is 34.3 Å². The van der Waals surface area contributed by atoms with Crippen molar-refractivity contribution in [2.45, 2.75) is 144 Å². The monoisotopic (exact) mass is 814 g/mol. The number of aliphatic hydroxyl groups excluding tert-OH is 2. The van der Waals surface area contributed by atoms with Gasteiger partial charge >= 0.3 is 29.8 Å². The molecule has 2 heterocycles. The molecular formula is C37H68BClFN2O13. The quantitative estimate of drug-likeness (QED) is 0.157. The zero-order chi connectivity index (χ0) is 43.0. The van der Waals surface area contributed by atoms with Gasteiger partial charge in [-0.3, -0.25) is 28.4 Å². The number of methoxy groups -OCH3 is 2. The first-order valence-electron chi connectivity index (χ1n) is 18.1. The van der Waals surface area contributed by atoms with Crippen LogP contribution in [0.15, 0.2) is 0 Å². The summed E-state index contributed by atoms with van der Waals surface area (Å²) in [4.78, 5) is 71.9. The van der Waals surface area contributed by atoms with E-state index in [0.717, 1.165) is 0 Å². The number of carbonyl (C=O) groups excluding carboxylic acids is 5. The molecule has 6 atom stereocenters. The molecule has 321 valence electrons. The molecule has 2 fully saturated rings. The van der Waals surface area contributed by atoms with E-state index in [0.29, 0.717) is 13.0 Å². The maximum atomic E-state index is 13.1. The minimum absolute atomic E-state index is 0. The summed E-state index contributed by atoms with van der Waals surface area (Å²) in [7, 11) is 1.59. The topological polar surface area (TPSA) is 215 Å². The summed E-state index contributed by atoms with van der Waals surface area (Å²) >= 11 is 0. The van der Waals surface area contributed by atoms with Gasteiger partial charge in [-0.2, -0.15) is 0 Å². The van der Waals surface area contributed by atoms with Gasteiger partial charge in [0.2, 0.25) is 5.91 Å². The molecule has 0 aromatic rings. The van der Waals surface area contributed by atoms with Gasteiger partial charge in [-0.15, -0.1) is 12.4 Å². The molecule has 18 heteroatoms. The highest BCUT2D eigenvalue weighted by Gasteiger charge is 2.45. The Labute approximate surface area is 336 Å². The van der Waals surface area contributed by atoms with Crippen molar-refractivity contribution in [3.8, 4) is 0 Å². The van der Waals surface area contributed by atoms with Gasteiger partial charge < -0.3 is 44.5 Å². The van der Waals surface area contributed by atoms with Crippen molar-refractivity contribution in [3.63, 3.8) is 0 Å². The molecule has 2 saturated heterocycles. The second kappa shape index (κ2) is 25.3. The van der Waals surface area contributed by atoms with E-state index in [1.165, 1.54) is 19.1 Å². The molecule has 1 amide bonds. The number of hydrogen-bond acceptors (Lipinski definition) is 13. The number of hydrogen-bond donors (Lipinski definition) is 4. The van der Waals surface area contributed by atoms with E-state index in [1.54, 1.807) is 62.3 Å². The number of carboxylic acids is 1. The molecule has 2 aliphatic rings. The number of carbonyl (C=O) groups is 6. The van der Waals surface area contributed by atoms with Crippen LogP contribution >= 0.6 is 12.4 Å². The number of halogens is 2. The number of nitrogens with zero attached hydrogens (tertiary/aromatic N) is 1. The van der Waals surface area contributed by atoms with E-state index < -0.39 is 83.1 Å². The number of likely N-dealkylation sites (tertiary alicyclic amines) is 1. The minimum Gasteiger partial charge on any atom is -0.481 e. The SMILES string of the molecule is CC(C)(C)OC(=O)C[C@H](C(=O)O)C(C)(C)C.COC(=O)[C@@H]1C[C@H](O)CN1.COC(=O)[C@@H]1C[C@H](O)CN1C(=O)[C@@H](CC(=O)OC(C)(C)C)C(C)(C)C.Cl.[2H]CF.[B]. The Kier molecular flexibility index (Phi) is 25.9. The van der Waals surface area contributed by atoms with Crippen LogP contribution < -0.4 is 5.32 Å². The van der Waals surface area contributed by atoms with E-state index in [4.69, 9.17) is 25.8 Å². The molecule has 0 bridgehead atoms. The number of amides is 1. The predicted octanol–water partition coefficient (Wildman–Crippen LogP) is 3.49. The van der Waals surface area contributed by atoms with E-state index in [1.807, 2.05) is 20.8 Å². The molecule has 2 aliphatic heterocycles. The van der Waals surface area contributed by atoms with Gasteiger partial charge in [0.15, 0.2) is 0 Å². The number of carboxylic acid groups (broad SMARTS) is 1. The highest BCUT2D eigenvalue weighted by Crippen LogP contribution is 2.34. The Balaban J connectivity index is -0.000000374. The average Bonchev–Trinajstić information content (AvgIpc) is 3.61.